The Morgan fingerprint density at radius 1 is 0.359 bits per heavy atom. The van der Waals surface area contributed by atoms with E-state index in [-0.39, 0.29) is 18.5 Å². The van der Waals surface area contributed by atoms with Gasteiger partial charge in [0.1, 0.15) is 0 Å². The van der Waals surface area contributed by atoms with Gasteiger partial charge in [-0.1, -0.05) is 346 Å². The second-order valence-electron chi connectivity index (χ2n) is 24.2. The van der Waals surface area contributed by atoms with Gasteiger partial charge in [-0.05, 0) is 64.2 Å². The summed E-state index contributed by atoms with van der Waals surface area (Å²) in [7, 11) is 0. The normalized spacial score (nSPS) is 12.7. The lowest BCUT2D eigenvalue weighted by Crippen LogP contribution is -2.45. The fraction of sp³-hybridized carbons (Fsp3) is 0.889. The maximum absolute atomic E-state index is 12.5. The molecule has 78 heavy (non-hydrogen) atoms. The Bertz CT molecular complexity index is 1260. The van der Waals surface area contributed by atoms with Gasteiger partial charge in [0.25, 0.3) is 0 Å². The highest BCUT2D eigenvalue weighted by Crippen LogP contribution is 2.18. The van der Waals surface area contributed by atoms with Crippen molar-refractivity contribution in [3.63, 3.8) is 0 Å². The molecule has 6 nitrogen and oxygen atoms in total. The minimum atomic E-state index is -0.844. The lowest BCUT2D eigenvalue weighted by Gasteiger charge is -2.20. The molecule has 0 bridgehead atoms. The van der Waals surface area contributed by atoms with Gasteiger partial charge >= 0.3 is 5.97 Å². The van der Waals surface area contributed by atoms with Crippen molar-refractivity contribution in [3.8, 4) is 0 Å². The minimum Gasteiger partial charge on any atom is -0.466 e. The Morgan fingerprint density at radius 3 is 0.974 bits per heavy atom. The number of aliphatic hydroxyl groups excluding tert-OH is 2. The molecule has 0 saturated carbocycles. The molecule has 0 aliphatic carbocycles. The number of hydrogen-bond donors (Lipinski definition) is 3. The zero-order valence-corrected chi connectivity index (χ0v) is 52.7. The summed E-state index contributed by atoms with van der Waals surface area (Å²) in [6.07, 6.45) is 86.5. The van der Waals surface area contributed by atoms with Gasteiger partial charge in [-0.3, -0.25) is 9.59 Å². The summed E-state index contributed by atoms with van der Waals surface area (Å²) in [4.78, 5) is 24.5. The first-order valence-corrected chi connectivity index (χ1v) is 35.3. The number of esters is 1. The fourth-order valence-electron chi connectivity index (χ4n) is 11.0. The first-order chi connectivity index (χ1) is 38.5. The van der Waals surface area contributed by atoms with Crippen LogP contribution in [-0.4, -0.2) is 47.4 Å². The number of carbonyl (C=O) groups is 2. The van der Waals surface area contributed by atoms with Gasteiger partial charge in [0.2, 0.25) is 5.91 Å². The van der Waals surface area contributed by atoms with E-state index in [2.05, 4.69) is 43.5 Å². The van der Waals surface area contributed by atoms with Gasteiger partial charge in [-0.25, -0.2) is 0 Å². The molecule has 2 atom stereocenters. The molecule has 0 aromatic rings. The summed E-state index contributed by atoms with van der Waals surface area (Å²) in [5, 5.41) is 23.2. The van der Waals surface area contributed by atoms with Crippen LogP contribution in [0.25, 0.3) is 0 Å². The van der Waals surface area contributed by atoms with E-state index in [1.54, 1.807) is 6.08 Å². The van der Waals surface area contributed by atoms with Crippen molar-refractivity contribution in [1.82, 2.24) is 5.32 Å². The van der Waals surface area contributed by atoms with E-state index in [1.165, 1.54) is 315 Å². The Balaban J connectivity index is 3.41. The van der Waals surface area contributed by atoms with Crippen LogP contribution >= 0.6 is 0 Å². The van der Waals surface area contributed by atoms with Gasteiger partial charge < -0.3 is 20.3 Å². The molecule has 0 fully saturated rings. The smallest absolute Gasteiger partial charge is 0.305 e. The quantitative estimate of drug-likeness (QED) is 0.0320. The second-order valence-corrected chi connectivity index (χ2v) is 24.2. The largest absolute Gasteiger partial charge is 0.466 e. The van der Waals surface area contributed by atoms with Gasteiger partial charge in [-0.2, -0.15) is 0 Å². The molecular weight excluding hydrogens is 959 g/mol. The number of hydrogen-bond acceptors (Lipinski definition) is 5. The second kappa shape index (κ2) is 67.6. The van der Waals surface area contributed by atoms with Crippen molar-refractivity contribution in [2.24, 2.45) is 0 Å². The fourth-order valence-corrected chi connectivity index (χ4v) is 11.0. The lowest BCUT2D eigenvalue weighted by atomic mass is 10.0. The van der Waals surface area contributed by atoms with Crippen LogP contribution in [0.5, 0.6) is 0 Å². The standard InChI is InChI=1S/C72H137NO5/c1-3-5-7-9-11-13-15-17-18-34-37-41-44-48-52-56-60-64-70(75)69(68-74)73-71(76)65-61-57-53-49-45-42-38-35-32-30-28-26-24-22-20-19-21-23-25-27-29-31-33-36-39-43-47-51-55-59-63-67-78-72(77)66-62-58-54-50-46-40-16-14-12-10-8-6-4-2/h21,23,27,29,60,64,69-70,74-75H,3-20,22,24-26,28,30-59,61-63,65-68H2,1-2H3,(H,73,76)/b23-21-,29-27-,64-60+. The number of nitrogens with one attached hydrogen (secondary N) is 1. The third-order valence-corrected chi connectivity index (χ3v) is 16.4. The Kier molecular flexibility index (Phi) is 65.9. The summed E-state index contributed by atoms with van der Waals surface area (Å²) >= 11 is 0. The van der Waals surface area contributed by atoms with E-state index in [9.17, 15) is 19.8 Å². The lowest BCUT2D eigenvalue weighted by molar-refractivity contribution is -0.143. The monoisotopic (exact) mass is 1100 g/mol. The molecule has 0 aliphatic heterocycles. The topological polar surface area (TPSA) is 95.9 Å². The number of allylic oxidation sites excluding steroid dienone is 5. The highest BCUT2D eigenvalue weighted by Gasteiger charge is 2.18. The third-order valence-electron chi connectivity index (χ3n) is 16.4. The molecule has 0 aromatic carbocycles. The van der Waals surface area contributed by atoms with Gasteiger partial charge in [0.05, 0.1) is 25.4 Å². The van der Waals surface area contributed by atoms with Crippen molar-refractivity contribution >= 4 is 11.9 Å². The van der Waals surface area contributed by atoms with Crippen molar-refractivity contribution in [1.29, 1.82) is 0 Å². The average molecular weight is 1100 g/mol. The predicted molar refractivity (Wildman–Crippen MR) is 343 cm³/mol. The maximum atomic E-state index is 12.5. The van der Waals surface area contributed by atoms with Crippen LogP contribution in [0.4, 0.5) is 0 Å². The molecule has 6 heteroatoms. The molecule has 0 spiro atoms. The van der Waals surface area contributed by atoms with E-state index < -0.39 is 12.1 Å². The van der Waals surface area contributed by atoms with Crippen LogP contribution in [0.1, 0.15) is 386 Å². The number of carbonyl (C=O) groups excluding carboxylic acids is 2. The molecule has 0 saturated heterocycles. The molecule has 0 aliphatic rings. The van der Waals surface area contributed by atoms with Crippen molar-refractivity contribution in [2.75, 3.05) is 13.2 Å². The summed E-state index contributed by atoms with van der Waals surface area (Å²) in [6.45, 7) is 4.93. The zero-order chi connectivity index (χ0) is 56.4. The van der Waals surface area contributed by atoms with Crippen LogP contribution in [0.2, 0.25) is 0 Å². The third kappa shape index (κ3) is 63.3. The molecule has 0 heterocycles. The Hall–Kier alpha value is -1.92. The van der Waals surface area contributed by atoms with E-state index >= 15 is 0 Å². The van der Waals surface area contributed by atoms with E-state index in [4.69, 9.17) is 4.74 Å². The number of ether oxygens (including phenoxy) is 1. The van der Waals surface area contributed by atoms with Crippen molar-refractivity contribution in [2.45, 2.75) is 398 Å². The van der Waals surface area contributed by atoms with E-state index in [0.717, 1.165) is 44.9 Å². The van der Waals surface area contributed by atoms with Crippen molar-refractivity contribution in [3.05, 3.63) is 36.5 Å². The molecule has 2 unspecified atom stereocenters. The summed E-state index contributed by atoms with van der Waals surface area (Å²) in [5.74, 6) is -0.0499. The molecule has 460 valence electrons. The zero-order valence-electron chi connectivity index (χ0n) is 52.7. The number of amides is 1. The summed E-state index contributed by atoms with van der Waals surface area (Å²) in [6, 6.07) is -0.628. The highest BCUT2D eigenvalue weighted by atomic mass is 16.5. The minimum absolute atomic E-state index is 0.0148. The average Bonchev–Trinajstić information content (AvgIpc) is 3.44. The first kappa shape index (κ1) is 76.1. The molecule has 1 amide bonds. The van der Waals surface area contributed by atoms with Crippen LogP contribution < -0.4 is 5.32 Å². The maximum Gasteiger partial charge on any atom is 0.305 e. The van der Waals surface area contributed by atoms with Gasteiger partial charge in [0, 0.05) is 12.8 Å². The molecule has 0 rings (SSSR count). The van der Waals surface area contributed by atoms with Crippen LogP contribution in [0.15, 0.2) is 36.5 Å². The van der Waals surface area contributed by atoms with Gasteiger partial charge in [0.15, 0.2) is 0 Å². The molecular formula is C72H137NO5. The first-order valence-electron chi connectivity index (χ1n) is 35.3. The number of rotatable bonds is 66. The van der Waals surface area contributed by atoms with E-state index in [0.29, 0.717) is 19.4 Å². The van der Waals surface area contributed by atoms with E-state index in [1.807, 2.05) is 6.08 Å². The predicted octanol–water partition coefficient (Wildman–Crippen LogP) is 22.7. The highest BCUT2D eigenvalue weighted by molar-refractivity contribution is 5.76. The summed E-state index contributed by atoms with van der Waals surface area (Å²) in [5.41, 5.74) is 0. The number of unbranched alkanes of at least 4 members (excludes halogenated alkanes) is 51. The van der Waals surface area contributed by atoms with Crippen LogP contribution in [-0.2, 0) is 14.3 Å². The molecule has 3 N–H and O–H groups in total. The molecule has 0 radical (unpaired) electrons. The van der Waals surface area contributed by atoms with Crippen LogP contribution in [0.3, 0.4) is 0 Å². The summed E-state index contributed by atoms with van der Waals surface area (Å²) < 4.78 is 5.48. The van der Waals surface area contributed by atoms with Gasteiger partial charge in [-0.15, -0.1) is 0 Å². The Morgan fingerprint density at radius 2 is 0.641 bits per heavy atom. The van der Waals surface area contributed by atoms with Crippen molar-refractivity contribution < 1.29 is 24.5 Å². The molecule has 0 aromatic heterocycles. The van der Waals surface area contributed by atoms with Crippen LogP contribution in [0, 0.1) is 0 Å². The SMILES string of the molecule is CCCCCCCCCCCCCCCCC/C=C/C(O)C(CO)NC(=O)CCCCCCCCCCCCCCCCC/C=C\C/C=C\CCCCCCCCCCCOC(=O)CCCCCCCCCCCCCCC. The Labute approximate surface area is 487 Å². The number of aliphatic hydroxyl groups is 2.